The average molecular weight is 409 g/mol. The largest absolute Gasteiger partial charge is 0.494 e. The summed E-state index contributed by atoms with van der Waals surface area (Å²) in [6.45, 7) is 1.07. The number of ether oxygens (including phenoxy) is 2. The summed E-state index contributed by atoms with van der Waals surface area (Å²) in [5.41, 5.74) is -0.912. The zero-order valence-corrected chi connectivity index (χ0v) is 15.4. The van der Waals surface area contributed by atoms with Crippen molar-refractivity contribution < 1.29 is 37.0 Å². The number of halogens is 3. The van der Waals surface area contributed by atoms with Gasteiger partial charge in [-0.3, -0.25) is 14.4 Å². The summed E-state index contributed by atoms with van der Waals surface area (Å²) in [5, 5.41) is 2.33. The van der Waals surface area contributed by atoms with Crippen LogP contribution in [-0.4, -0.2) is 37.4 Å². The Hall–Kier alpha value is -3.36. The first-order chi connectivity index (χ1) is 13.7. The Bertz CT molecular complexity index is 878. The summed E-state index contributed by atoms with van der Waals surface area (Å²) < 4.78 is 48.0. The first-order valence-corrected chi connectivity index (χ1v) is 8.58. The van der Waals surface area contributed by atoms with E-state index in [4.69, 9.17) is 9.47 Å². The number of alkyl halides is 3. The lowest BCUT2D eigenvalue weighted by molar-refractivity contribution is -0.141. The highest BCUT2D eigenvalue weighted by atomic mass is 19.4. The molecule has 0 radical (unpaired) electrons. The number of ketones is 1. The maximum Gasteiger partial charge on any atom is 0.416 e. The Kier molecular flexibility index (Phi) is 7.35. The van der Waals surface area contributed by atoms with Gasteiger partial charge < -0.3 is 14.8 Å². The monoisotopic (exact) mass is 409 g/mol. The minimum absolute atomic E-state index is 0.231. The molecule has 0 fully saturated rings. The molecule has 1 N–H and O–H groups in total. The summed E-state index contributed by atoms with van der Waals surface area (Å²) in [4.78, 5) is 35.6. The second kappa shape index (κ2) is 9.72. The highest BCUT2D eigenvalue weighted by Crippen LogP contribution is 2.29. The molecule has 0 atom stereocenters. The molecule has 0 saturated carbocycles. The van der Waals surface area contributed by atoms with Crippen LogP contribution in [0.25, 0.3) is 0 Å². The number of nitrogens with one attached hydrogen (secondary N) is 1. The Morgan fingerprint density at radius 3 is 2.31 bits per heavy atom. The van der Waals surface area contributed by atoms with E-state index in [2.05, 4.69) is 5.32 Å². The van der Waals surface area contributed by atoms with Gasteiger partial charge in [0.2, 0.25) is 0 Å². The van der Waals surface area contributed by atoms with Crippen LogP contribution in [0.15, 0.2) is 48.5 Å². The molecule has 0 aromatic heterocycles. The van der Waals surface area contributed by atoms with E-state index in [0.717, 1.165) is 12.1 Å². The van der Waals surface area contributed by atoms with Crippen LogP contribution in [0.1, 0.15) is 33.2 Å². The van der Waals surface area contributed by atoms with E-state index in [1.165, 1.54) is 18.2 Å². The Morgan fingerprint density at radius 2 is 1.69 bits per heavy atom. The van der Waals surface area contributed by atoms with Crippen LogP contribution in [0.4, 0.5) is 13.2 Å². The van der Waals surface area contributed by atoms with Crippen molar-refractivity contribution >= 4 is 17.7 Å². The molecule has 0 saturated heterocycles. The smallest absolute Gasteiger partial charge is 0.416 e. The van der Waals surface area contributed by atoms with E-state index in [1.807, 2.05) is 6.92 Å². The van der Waals surface area contributed by atoms with Crippen molar-refractivity contribution in [2.24, 2.45) is 0 Å². The molecule has 0 spiro atoms. The lowest BCUT2D eigenvalue weighted by Gasteiger charge is -2.09. The number of carbonyl (C=O) groups is 3. The molecule has 9 heteroatoms. The molecule has 2 aromatic rings. The fourth-order valence-corrected chi connectivity index (χ4v) is 2.27. The normalized spacial score (nSPS) is 10.9. The van der Waals surface area contributed by atoms with E-state index in [-0.39, 0.29) is 5.56 Å². The Labute approximate surface area is 164 Å². The number of hydrogen-bond donors (Lipinski definition) is 1. The van der Waals surface area contributed by atoms with Crippen molar-refractivity contribution in [3.63, 3.8) is 0 Å². The third kappa shape index (κ3) is 6.63. The van der Waals surface area contributed by atoms with Crippen molar-refractivity contribution in [2.45, 2.75) is 13.1 Å². The standard InChI is InChI=1S/C20H18F3NO5/c1-2-28-16-8-6-13(7-9-16)19(27)24-11-18(26)29-12-17(25)14-4-3-5-15(10-14)20(21,22)23/h3-10H,2,11-12H2,1H3,(H,24,27). The van der Waals surface area contributed by atoms with Gasteiger partial charge in [0, 0.05) is 11.1 Å². The fraction of sp³-hybridized carbons (Fsp3) is 0.250. The van der Waals surface area contributed by atoms with Gasteiger partial charge in [0.1, 0.15) is 12.3 Å². The van der Waals surface area contributed by atoms with Crippen LogP contribution >= 0.6 is 0 Å². The lowest BCUT2D eigenvalue weighted by atomic mass is 10.1. The van der Waals surface area contributed by atoms with Gasteiger partial charge in [-0.1, -0.05) is 12.1 Å². The summed E-state index contributed by atoms with van der Waals surface area (Å²) in [6, 6.07) is 10.0. The van der Waals surface area contributed by atoms with Gasteiger partial charge in [0.05, 0.1) is 12.2 Å². The van der Waals surface area contributed by atoms with Crippen molar-refractivity contribution in [1.82, 2.24) is 5.32 Å². The molecule has 0 unspecified atom stereocenters. The number of carbonyl (C=O) groups excluding carboxylic acids is 3. The zero-order valence-electron chi connectivity index (χ0n) is 15.4. The molecular formula is C20H18F3NO5. The molecule has 6 nitrogen and oxygen atoms in total. The van der Waals surface area contributed by atoms with Gasteiger partial charge >= 0.3 is 12.1 Å². The predicted octanol–water partition coefficient (Wildman–Crippen LogP) is 3.26. The fourth-order valence-electron chi connectivity index (χ4n) is 2.27. The molecule has 29 heavy (non-hydrogen) atoms. The van der Waals surface area contributed by atoms with Gasteiger partial charge in [-0.2, -0.15) is 13.2 Å². The first-order valence-electron chi connectivity index (χ1n) is 8.58. The van der Waals surface area contributed by atoms with Crippen molar-refractivity contribution in [2.75, 3.05) is 19.8 Å². The van der Waals surface area contributed by atoms with E-state index >= 15 is 0 Å². The summed E-state index contributed by atoms with van der Waals surface area (Å²) in [6.07, 6.45) is -4.59. The van der Waals surface area contributed by atoms with Gasteiger partial charge in [0.25, 0.3) is 5.91 Å². The first kappa shape index (κ1) is 21.9. The van der Waals surface area contributed by atoms with Crippen LogP contribution in [-0.2, 0) is 15.7 Å². The average Bonchev–Trinajstić information content (AvgIpc) is 2.70. The topological polar surface area (TPSA) is 81.7 Å². The molecule has 0 aliphatic carbocycles. The Balaban J connectivity index is 1.82. The highest BCUT2D eigenvalue weighted by molar-refractivity contribution is 5.99. The molecule has 0 bridgehead atoms. The molecule has 1 amide bonds. The quantitative estimate of drug-likeness (QED) is 0.535. The third-order valence-corrected chi connectivity index (χ3v) is 3.70. The summed E-state index contributed by atoms with van der Waals surface area (Å²) in [5.74, 6) is -1.63. The third-order valence-electron chi connectivity index (χ3n) is 3.70. The van der Waals surface area contributed by atoms with Gasteiger partial charge in [-0.25, -0.2) is 0 Å². The Morgan fingerprint density at radius 1 is 1.00 bits per heavy atom. The van der Waals surface area contributed by atoms with Crippen LogP contribution in [0, 0.1) is 0 Å². The molecule has 2 rings (SSSR count). The second-order valence-corrected chi connectivity index (χ2v) is 5.80. The summed E-state index contributed by atoms with van der Waals surface area (Å²) in [7, 11) is 0. The maximum absolute atomic E-state index is 12.7. The molecule has 2 aromatic carbocycles. The van der Waals surface area contributed by atoms with E-state index in [9.17, 15) is 27.6 Å². The minimum Gasteiger partial charge on any atom is -0.494 e. The van der Waals surface area contributed by atoms with E-state index in [1.54, 1.807) is 12.1 Å². The molecule has 0 heterocycles. The van der Waals surface area contributed by atoms with Gasteiger partial charge in [0.15, 0.2) is 12.4 Å². The predicted molar refractivity (Wildman–Crippen MR) is 96.7 cm³/mol. The van der Waals surface area contributed by atoms with Crippen molar-refractivity contribution in [3.8, 4) is 5.75 Å². The van der Waals surface area contributed by atoms with Crippen LogP contribution in [0.2, 0.25) is 0 Å². The molecule has 154 valence electrons. The van der Waals surface area contributed by atoms with Crippen LogP contribution in [0.3, 0.4) is 0 Å². The van der Waals surface area contributed by atoms with Crippen LogP contribution < -0.4 is 10.1 Å². The number of esters is 1. The number of amides is 1. The number of benzene rings is 2. The zero-order chi connectivity index (χ0) is 21.4. The van der Waals surface area contributed by atoms with E-state index < -0.39 is 42.6 Å². The molecular weight excluding hydrogens is 391 g/mol. The molecule has 0 aliphatic heterocycles. The minimum atomic E-state index is -4.59. The number of hydrogen-bond acceptors (Lipinski definition) is 5. The number of rotatable bonds is 8. The maximum atomic E-state index is 12.7. The van der Waals surface area contributed by atoms with Gasteiger partial charge in [-0.05, 0) is 43.3 Å². The lowest BCUT2D eigenvalue weighted by Crippen LogP contribution is -2.31. The SMILES string of the molecule is CCOc1ccc(C(=O)NCC(=O)OCC(=O)c2cccc(C(F)(F)F)c2)cc1. The van der Waals surface area contributed by atoms with Crippen molar-refractivity contribution in [1.29, 1.82) is 0 Å². The summed E-state index contributed by atoms with van der Waals surface area (Å²) >= 11 is 0. The number of Topliss-reactive ketones (excluding diaryl/α,β-unsaturated/α-hetero) is 1. The van der Waals surface area contributed by atoms with E-state index in [0.29, 0.717) is 24.0 Å². The molecule has 0 aliphatic rings. The van der Waals surface area contributed by atoms with Gasteiger partial charge in [-0.15, -0.1) is 0 Å². The highest BCUT2D eigenvalue weighted by Gasteiger charge is 2.30. The van der Waals surface area contributed by atoms with Crippen LogP contribution in [0.5, 0.6) is 5.75 Å². The van der Waals surface area contributed by atoms with Crippen molar-refractivity contribution in [3.05, 3.63) is 65.2 Å². The second-order valence-electron chi connectivity index (χ2n) is 5.80.